The normalized spacial score (nSPS) is 10.5. The molecule has 0 spiro atoms. The van der Waals surface area contributed by atoms with Gasteiger partial charge in [0.15, 0.2) is 0 Å². The van der Waals surface area contributed by atoms with Crippen molar-refractivity contribution < 1.29 is 4.79 Å². The summed E-state index contributed by atoms with van der Waals surface area (Å²) in [6, 6.07) is 10.8. The van der Waals surface area contributed by atoms with Crippen molar-refractivity contribution in [3.63, 3.8) is 0 Å². The SMILES string of the molecule is Nc1ccc2c(C(=O)Nc3ccccn3)c[nH]c2c1. The lowest BCUT2D eigenvalue weighted by molar-refractivity contribution is 0.102. The number of aromatic nitrogens is 2. The Morgan fingerprint density at radius 2 is 2.16 bits per heavy atom. The van der Waals surface area contributed by atoms with E-state index < -0.39 is 0 Å². The highest BCUT2D eigenvalue weighted by Crippen LogP contribution is 2.21. The molecule has 2 aromatic heterocycles. The smallest absolute Gasteiger partial charge is 0.258 e. The second-order valence-corrected chi connectivity index (χ2v) is 4.18. The number of carbonyl (C=O) groups excluding carboxylic acids is 1. The maximum absolute atomic E-state index is 12.2. The van der Waals surface area contributed by atoms with Crippen molar-refractivity contribution >= 4 is 28.3 Å². The molecule has 0 unspecified atom stereocenters. The van der Waals surface area contributed by atoms with E-state index in [0.29, 0.717) is 17.1 Å². The number of anilines is 2. The summed E-state index contributed by atoms with van der Waals surface area (Å²) in [6.45, 7) is 0. The average Bonchev–Trinajstić information content (AvgIpc) is 2.82. The molecule has 2 heterocycles. The predicted octanol–water partition coefficient (Wildman–Crippen LogP) is 2.40. The molecule has 1 aromatic carbocycles. The number of nitrogens with zero attached hydrogens (tertiary/aromatic N) is 1. The van der Waals surface area contributed by atoms with Crippen LogP contribution in [0.1, 0.15) is 10.4 Å². The summed E-state index contributed by atoms with van der Waals surface area (Å²) in [6.07, 6.45) is 3.30. The van der Waals surface area contributed by atoms with Crippen LogP contribution in [0.15, 0.2) is 48.8 Å². The van der Waals surface area contributed by atoms with Crippen molar-refractivity contribution in [1.29, 1.82) is 0 Å². The first-order chi connectivity index (χ1) is 9.24. The van der Waals surface area contributed by atoms with Crippen molar-refractivity contribution in [2.45, 2.75) is 0 Å². The van der Waals surface area contributed by atoms with Gasteiger partial charge < -0.3 is 16.0 Å². The summed E-state index contributed by atoms with van der Waals surface area (Å²) < 4.78 is 0. The summed E-state index contributed by atoms with van der Waals surface area (Å²) in [5.74, 6) is 0.326. The number of hydrogen-bond donors (Lipinski definition) is 3. The lowest BCUT2D eigenvalue weighted by atomic mass is 10.1. The van der Waals surface area contributed by atoms with Crippen LogP contribution in [0.2, 0.25) is 0 Å². The third kappa shape index (κ3) is 2.13. The Kier molecular flexibility index (Phi) is 2.64. The summed E-state index contributed by atoms with van der Waals surface area (Å²) in [7, 11) is 0. The Morgan fingerprint density at radius 3 is 2.95 bits per heavy atom. The van der Waals surface area contributed by atoms with E-state index in [1.807, 2.05) is 12.1 Å². The van der Waals surface area contributed by atoms with Crippen LogP contribution in [0.4, 0.5) is 11.5 Å². The standard InChI is InChI=1S/C14H12N4O/c15-9-4-5-10-11(8-17-12(10)7-9)14(19)18-13-3-1-2-6-16-13/h1-8,17H,15H2,(H,16,18,19). The highest BCUT2D eigenvalue weighted by Gasteiger charge is 2.12. The van der Waals surface area contributed by atoms with Crippen molar-refractivity contribution in [3.8, 4) is 0 Å². The van der Waals surface area contributed by atoms with Crippen LogP contribution in [0.5, 0.6) is 0 Å². The van der Waals surface area contributed by atoms with Gasteiger partial charge in [0.05, 0.1) is 5.56 Å². The molecule has 94 valence electrons. The lowest BCUT2D eigenvalue weighted by Gasteiger charge is -2.02. The van der Waals surface area contributed by atoms with Gasteiger partial charge in [-0.3, -0.25) is 4.79 Å². The second kappa shape index (κ2) is 4.45. The molecule has 0 fully saturated rings. The quantitative estimate of drug-likeness (QED) is 0.612. The fourth-order valence-corrected chi connectivity index (χ4v) is 1.95. The molecule has 0 saturated carbocycles. The van der Waals surface area contributed by atoms with Crippen LogP contribution in [-0.4, -0.2) is 15.9 Å². The van der Waals surface area contributed by atoms with E-state index in [-0.39, 0.29) is 5.91 Å². The van der Waals surface area contributed by atoms with Crippen molar-refractivity contribution in [2.75, 3.05) is 11.1 Å². The van der Waals surface area contributed by atoms with E-state index in [9.17, 15) is 4.79 Å². The van der Waals surface area contributed by atoms with Gasteiger partial charge >= 0.3 is 0 Å². The first-order valence-corrected chi connectivity index (χ1v) is 5.83. The second-order valence-electron chi connectivity index (χ2n) is 4.18. The Balaban J connectivity index is 1.94. The van der Waals surface area contributed by atoms with Gasteiger partial charge in [-0.25, -0.2) is 4.98 Å². The number of carbonyl (C=O) groups is 1. The van der Waals surface area contributed by atoms with Crippen LogP contribution < -0.4 is 11.1 Å². The molecular weight excluding hydrogens is 240 g/mol. The highest BCUT2D eigenvalue weighted by atomic mass is 16.1. The minimum absolute atomic E-state index is 0.199. The van der Waals surface area contributed by atoms with Gasteiger partial charge in [0.25, 0.3) is 5.91 Å². The molecule has 0 aliphatic heterocycles. The molecule has 1 amide bonds. The topological polar surface area (TPSA) is 83.8 Å². The molecule has 0 saturated heterocycles. The number of pyridine rings is 1. The Bertz CT molecular complexity index is 734. The number of nitrogens with two attached hydrogens (primary N) is 1. The van der Waals surface area contributed by atoms with Crippen LogP contribution in [0.3, 0.4) is 0 Å². The van der Waals surface area contributed by atoms with Gasteiger partial charge in [-0.1, -0.05) is 6.07 Å². The Morgan fingerprint density at radius 1 is 1.26 bits per heavy atom. The molecule has 0 radical (unpaired) electrons. The minimum Gasteiger partial charge on any atom is -0.399 e. The zero-order valence-electron chi connectivity index (χ0n) is 10.1. The molecule has 3 rings (SSSR count). The molecule has 5 nitrogen and oxygen atoms in total. The lowest BCUT2D eigenvalue weighted by Crippen LogP contribution is -2.12. The molecular formula is C14H12N4O. The van der Waals surface area contributed by atoms with E-state index in [0.717, 1.165) is 10.9 Å². The minimum atomic E-state index is -0.199. The van der Waals surface area contributed by atoms with Crippen LogP contribution in [-0.2, 0) is 0 Å². The number of H-pyrrole nitrogens is 1. The summed E-state index contributed by atoms with van der Waals surface area (Å²) in [5, 5.41) is 3.59. The average molecular weight is 252 g/mol. The third-order valence-corrected chi connectivity index (χ3v) is 2.86. The molecule has 3 aromatic rings. The van der Waals surface area contributed by atoms with E-state index in [4.69, 9.17) is 5.73 Å². The summed E-state index contributed by atoms with van der Waals surface area (Å²) in [4.78, 5) is 19.3. The van der Waals surface area contributed by atoms with E-state index in [2.05, 4.69) is 15.3 Å². The molecule has 0 aliphatic carbocycles. The van der Waals surface area contributed by atoms with Gasteiger partial charge in [-0.15, -0.1) is 0 Å². The maximum Gasteiger partial charge on any atom is 0.258 e. The van der Waals surface area contributed by atoms with Gasteiger partial charge in [-0.05, 0) is 30.3 Å². The van der Waals surface area contributed by atoms with Crippen LogP contribution in [0.25, 0.3) is 10.9 Å². The number of hydrogen-bond acceptors (Lipinski definition) is 3. The van der Waals surface area contributed by atoms with Gasteiger partial charge in [0, 0.05) is 29.0 Å². The Hall–Kier alpha value is -2.82. The maximum atomic E-state index is 12.2. The van der Waals surface area contributed by atoms with Crippen LogP contribution >= 0.6 is 0 Å². The molecule has 4 N–H and O–H groups in total. The summed E-state index contributed by atoms with van der Waals surface area (Å²) >= 11 is 0. The van der Waals surface area contributed by atoms with Crippen molar-refractivity contribution in [2.24, 2.45) is 0 Å². The van der Waals surface area contributed by atoms with Crippen LogP contribution in [0, 0.1) is 0 Å². The largest absolute Gasteiger partial charge is 0.399 e. The predicted molar refractivity (Wildman–Crippen MR) is 74.9 cm³/mol. The number of amides is 1. The number of nitrogen functional groups attached to an aromatic ring is 1. The zero-order chi connectivity index (χ0) is 13.2. The number of rotatable bonds is 2. The first kappa shape index (κ1) is 11.3. The number of nitrogens with one attached hydrogen (secondary N) is 2. The van der Waals surface area contributed by atoms with Crippen molar-refractivity contribution in [1.82, 2.24) is 9.97 Å². The number of benzene rings is 1. The van der Waals surface area contributed by atoms with Gasteiger partial charge in [-0.2, -0.15) is 0 Å². The third-order valence-electron chi connectivity index (χ3n) is 2.86. The molecule has 19 heavy (non-hydrogen) atoms. The highest BCUT2D eigenvalue weighted by molar-refractivity contribution is 6.12. The first-order valence-electron chi connectivity index (χ1n) is 5.83. The fourth-order valence-electron chi connectivity index (χ4n) is 1.95. The van der Waals surface area contributed by atoms with E-state index in [1.54, 1.807) is 36.7 Å². The van der Waals surface area contributed by atoms with Gasteiger partial charge in [0.2, 0.25) is 0 Å². The monoisotopic (exact) mass is 252 g/mol. The Labute approximate surface area is 109 Å². The van der Waals surface area contributed by atoms with Crippen molar-refractivity contribution in [3.05, 3.63) is 54.4 Å². The molecule has 5 heteroatoms. The van der Waals surface area contributed by atoms with E-state index >= 15 is 0 Å². The summed E-state index contributed by atoms with van der Waals surface area (Å²) in [5.41, 5.74) is 7.77. The fraction of sp³-hybridized carbons (Fsp3) is 0. The van der Waals surface area contributed by atoms with E-state index in [1.165, 1.54) is 0 Å². The number of aromatic amines is 1. The van der Waals surface area contributed by atoms with Gasteiger partial charge in [0.1, 0.15) is 5.82 Å². The molecule has 0 atom stereocenters. The molecule has 0 aliphatic rings. The zero-order valence-corrected chi connectivity index (χ0v) is 10.1. The molecule has 0 bridgehead atoms. The number of fused-ring (bicyclic) bond motifs is 1.